The van der Waals surface area contributed by atoms with Crippen LogP contribution in [0, 0.1) is 0 Å². The highest BCUT2D eigenvalue weighted by molar-refractivity contribution is 9.11. The van der Waals surface area contributed by atoms with Crippen molar-refractivity contribution >= 4 is 54.7 Å². The van der Waals surface area contributed by atoms with Crippen molar-refractivity contribution in [2.75, 3.05) is 7.05 Å². The van der Waals surface area contributed by atoms with Crippen LogP contribution in [0.4, 0.5) is 0 Å². The molecule has 126 valence electrons. The number of aliphatic hydroxyl groups is 2. The third-order valence-corrected chi connectivity index (χ3v) is 6.23. The van der Waals surface area contributed by atoms with E-state index < -0.39 is 18.1 Å². The first-order chi connectivity index (χ1) is 11.5. The molecule has 0 spiro atoms. The van der Waals surface area contributed by atoms with Gasteiger partial charge in [-0.3, -0.25) is 4.79 Å². The average Bonchev–Trinajstić information content (AvgIpc) is 3.18. The molecule has 0 aliphatic carbocycles. The molecular weight excluding hydrogens is 412 g/mol. The smallest absolute Gasteiger partial charge is 0.254 e. The third kappa shape index (κ3) is 3.68. The Kier molecular flexibility index (Phi) is 5.31. The Balaban J connectivity index is 1.71. The Morgan fingerprint density at radius 2 is 2.00 bits per heavy atom. The summed E-state index contributed by atoms with van der Waals surface area (Å²) in [7, 11) is 1.60. The highest BCUT2D eigenvalue weighted by Crippen LogP contribution is 2.29. The summed E-state index contributed by atoms with van der Waals surface area (Å²) in [5.74, 6) is -0.536. The lowest BCUT2D eigenvalue weighted by Crippen LogP contribution is -2.39. The molecule has 2 heterocycles. The quantitative estimate of drug-likeness (QED) is 0.656. The summed E-state index contributed by atoms with van der Waals surface area (Å²) in [6, 6.07) is 11.3. The first-order valence-electron chi connectivity index (χ1n) is 7.16. The Labute approximate surface area is 155 Å². The van der Waals surface area contributed by atoms with Gasteiger partial charge in [0.2, 0.25) is 0 Å². The molecule has 0 aliphatic rings. The van der Waals surface area contributed by atoms with E-state index in [1.165, 1.54) is 27.6 Å². The maximum atomic E-state index is 12.4. The number of thiazole rings is 1. The third-order valence-electron chi connectivity index (χ3n) is 3.51. The van der Waals surface area contributed by atoms with Crippen LogP contribution in [0.3, 0.4) is 0 Å². The van der Waals surface area contributed by atoms with Crippen LogP contribution >= 0.6 is 38.6 Å². The summed E-state index contributed by atoms with van der Waals surface area (Å²) in [6.07, 6.45) is -2.88. The van der Waals surface area contributed by atoms with Gasteiger partial charge in [-0.2, -0.15) is 0 Å². The van der Waals surface area contributed by atoms with Crippen LogP contribution in [0.2, 0.25) is 0 Å². The summed E-state index contributed by atoms with van der Waals surface area (Å²) in [6.45, 7) is 0.374. The fraction of sp³-hybridized carbons (Fsp3) is 0.250. The lowest BCUT2D eigenvalue weighted by Gasteiger charge is -2.22. The van der Waals surface area contributed by atoms with E-state index >= 15 is 0 Å². The topological polar surface area (TPSA) is 73.7 Å². The highest BCUT2D eigenvalue weighted by Gasteiger charge is 2.30. The molecule has 3 rings (SSSR count). The molecule has 0 saturated carbocycles. The van der Waals surface area contributed by atoms with E-state index in [9.17, 15) is 15.0 Å². The number of hydrogen-bond donors (Lipinski definition) is 2. The minimum atomic E-state index is -1.54. The first-order valence-corrected chi connectivity index (χ1v) is 9.59. The molecule has 1 amide bonds. The molecule has 8 heteroatoms. The number of carbonyl (C=O) groups is 1. The van der Waals surface area contributed by atoms with Crippen LogP contribution in [0.15, 0.2) is 40.2 Å². The Morgan fingerprint density at radius 3 is 2.67 bits per heavy atom. The van der Waals surface area contributed by atoms with Crippen LogP contribution in [0.5, 0.6) is 0 Å². The molecule has 0 bridgehead atoms. The Hall–Kier alpha value is -1.32. The number of carbonyl (C=O) groups excluding carboxylic acids is 1. The zero-order chi connectivity index (χ0) is 17.3. The van der Waals surface area contributed by atoms with Crippen molar-refractivity contribution in [1.82, 2.24) is 9.88 Å². The molecule has 24 heavy (non-hydrogen) atoms. The van der Waals surface area contributed by atoms with E-state index in [1.54, 1.807) is 7.05 Å². The summed E-state index contributed by atoms with van der Waals surface area (Å²) >= 11 is 6.17. The summed E-state index contributed by atoms with van der Waals surface area (Å²) in [5.41, 5.74) is 0.744. The van der Waals surface area contributed by atoms with Crippen LogP contribution in [0.1, 0.15) is 16.0 Å². The predicted molar refractivity (Wildman–Crippen MR) is 99.1 cm³/mol. The predicted octanol–water partition coefficient (Wildman–Crippen LogP) is 3.17. The largest absolute Gasteiger partial charge is 0.383 e. The van der Waals surface area contributed by atoms with Crippen molar-refractivity contribution in [2.24, 2.45) is 0 Å². The SMILES string of the molecule is CN(Cc1ccc(Br)s1)C(=O)C(O)C(O)c1nc2ccccc2s1. The average molecular weight is 427 g/mol. The first kappa shape index (κ1) is 17.5. The van der Waals surface area contributed by atoms with Crippen molar-refractivity contribution in [1.29, 1.82) is 0 Å². The van der Waals surface area contributed by atoms with E-state index in [0.29, 0.717) is 11.6 Å². The van der Waals surface area contributed by atoms with Crippen molar-refractivity contribution in [3.63, 3.8) is 0 Å². The van der Waals surface area contributed by atoms with Crippen molar-refractivity contribution < 1.29 is 15.0 Å². The standard InChI is InChI=1S/C16H15BrN2O3S2/c1-19(8-9-6-7-12(17)23-9)16(22)14(21)13(20)15-18-10-4-2-3-5-11(10)24-15/h2-7,13-14,20-21H,8H2,1H3. The zero-order valence-electron chi connectivity index (χ0n) is 12.7. The molecule has 0 aliphatic heterocycles. The number of likely N-dealkylation sites (N-methyl/N-ethyl adjacent to an activating group) is 1. The fourth-order valence-electron chi connectivity index (χ4n) is 2.26. The number of thiophene rings is 1. The number of aliphatic hydroxyl groups excluding tert-OH is 2. The summed E-state index contributed by atoms with van der Waals surface area (Å²) in [4.78, 5) is 19.1. The number of halogens is 1. The number of aromatic nitrogens is 1. The minimum absolute atomic E-state index is 0.337. The number of rotatable bonds is 5. The maximum absolute atomic E-state index is 12.4. The van der Waals surface area contributed by atoms with E-state index in [4.69, 9.17) is 0 Å². The van der Waals surface area contributed by atoms with Crippen LogP contribution in [-0.4, -0.2) is 39.2 Å². The van der Waals surface area contributed by atoms with Gasteiger partial charge in [0.25, 0.3) is 5.91 Å². The number of amides is 1. The van der Waals surface area contributed by atoms with Gasteiger partial charge in [-0.25, -0.2) is 4.98 Å². The van der Waals surface area contributed by atoms with Gasteiger partial charge in [-0.1, -0.05) is 12.1 Å². The second-order valence-corrected chi connectivity index (χ2v) is 8.92. The van der Waals surface area contributed by atoms with E-state index in [0.717, 1.165) is 18.9 Å². The van der Waals surface area contributed by atoms with Crippen LogP contribution in [0.25, 0.3) is 10.2 Å². The molecule has 2 atom stereocenters. The van der Waals surface area contributed by atoms with Gasteiger partial charge >= 0.3 is 0 Å². The van der Waals surface area contributed by atoms with Crippen LogP contribution in [-0.2, 0) is 11.3 Å². The molecule has 1 aromatic carbocycles. The van der Waals surface area contributed by atoms with Crippen molar-refractivity contribution in [3.05, 3.63) is 50.1 Å². The molecule has 2 N–H and O–H groups in total. The molecule has 0 radical (unpaired) electrons. The number of benzene rings is 1. The second kappa shape index (κ2) is 7.28. The number of para-hydroxylation sites is 1. The van der Waals surface area contributed by atoms with Crippen LogP contribution < -0.4 is 0 Å². The van der Waals surface area contributed by atoms with Gasteiger partial charge in [-0.15, -0.1) is 22.7 Å². The Bertz CT molecular complexity index is 831. The molecule has 0 fully saturated rings. The molecular formula is C16H15BrN2O3S2. The molecule has 2 unspecified atom stereocenters. The summed E-state index contributed by atoms with van der Waals surface area (Å²) in [5, 5.41) is 20.9. The van der Waals surface area contributed by atoms with Crippen molar-refractivity contribution in [2.45, 2.75) is 18.8 Å². The van der Waals surface area contributed by atoms with Gasteiger partial charge in [-0.05, 0) is 40.2 Å². The maximum Gasteiger partial charge on any atom is 0.254 e. The number of hydrogen-bond acceptors (Lipinski definition) is 6. The van der Waals surface area contributed by atoms with E-state index in [-0.39, 0.29) is 0 Å². The second-order valence-electron chi connectivity index (χ2n) is 5.31. The number of fused-ring (bicyclic) bond motifs is 1. The highest BCUT2D eigenvalue weighted by atomic mass is 79.9. The van der Waals surface area contributed by atoms with Gasteiger partial charge < -0.3 is 15.1 Å². The molecule has 2 aromatic heterocycles. The van der Waals surface area contributed by atoms with Gasteiger partial charge in [0, 0.05) is 11.9 Å². The monoisotopic (exact) mass is 426 g/mol. The molecule has 0 saturated heterocycles. The Morgan fingerprint density at radius 1 is 1.25 bits per heavy atom. The lowest BCUT2D eigenvalue weighted by atomic mass is 10.2. The minimum Gasteiger partial charge on any atom is -0.383 e. The zero-order valence-corrected chi connectivity index (χ0v) is 15.9. The molecule has 5 nitrogen and oxygen atoms in total. The fourth-order valence-corrected chi connectivity index (χ4v) is 4.78. The van der Waals surface area contributed by atoms with Gasteiger partial charge in [0.15, 0.2) is 6.10 Å². The molecule has 3 aromatic rings. The normalized spacial score (nSPS) is 13.8. The lowest BCUT2D eigenvalue weighted by molar-refractivity contribution is -0.145. The van der Waals surface area contributed by atoms with E-state index in [1.807, 2.05) is 36.4 Å². The van der Waals surface area contributed by atoms with Gasteiger partial charge in [0.05, 0.1) is 20.5 Å². The van der Waals surface area contributed by atoms with E-state index in [2.05, 4.69) is 20.9 Å². The van der Waals surface area contributed by atoms with Crippen molar-refractivity contribution in [3.8, 4) is 0 Å². The summed E-state index contributed by atoms with van der Waals surface area (Å²) < 4.78 is 1.89. The van der Waals surface area contributed by atoms with Gasteiger partial charge in [0.1, 0.15) is 11.1 Å². The number of nitrogens with zero attached hydrogens (tertiary/aromatic N) is 2.